The highest BCUT2D eigenvalue weighted by atomic mass is 16.4. The van der Waals surface area contributed by atoms with Gasteiger partial charge in [0.25, 0.3) is 0 Å². The van der Waals surface area contributed by atoms with Crippen LogP contribution in [-0.2, 0) is 6.54 Å². The van der Waals surface area contributed by atoms with Crippen molar-refractivity contribution in [1.29, 1.82) is 0 Å². The number of phenolic OH excluding ortho intramolecular Hbond substituents is 1. The van der Waals surface area contributed by atoms with E-state index in [-0.39, 0.29) is 11.4 Å². The zero-order valence-corrected chi connectivity index (χ0v) is 13.5. The lowest BCUT2D eigenvalue weighted by atomic mass is 9.97. The quantitative estimate of drug-likeness (QED) is 0.864. The number of aryl methyl sites for hydroxylation is 2. The summed E-state index contributed by atoms with van der Waals surface area (Å²) in [6.45, 7) is 8.96. The number of nitrogens with zero attached hydrogens (tertiary/aromatic N) is 1. The summed E-state index contributed by atoms with van der Waals surface area (Å²) >= 11 is 0. The first-order valence-corrected chi connectivity index (χ1v) is 7.94. The van der Waals surface area contributed by atoms with Crippen LogP contribution in [-0.4, -0.2) is 23.1 Å². The topological polar surface area (TPSA) is 53.7 Å². The van der Waals surface area contributed by atoms with E-state index in [2.05, 4.69) is 11.8 Å². The first-order valence-electron chi connectivity index (χ1n) is 7.94. The van der Waals surface area contributed by atoms with Crippen molar-refractivity contribution < 1.29 is 9.52 Å². The van der Waals surface area contributed by atoms with E-state index in [9.17, 15) is 9.90 Å². The van der Waals surface area contributed by atoms with Crippen molar-refractivity contribution >= 4 is 11.0 Å². The molecule has 0 spiro atoms. The monoisotopic (exact) mass is 301 g/mol. The minimum atomic E-state index is -0.374. The van der Waals surface area contributed by atoms with E-state index >= 15 is 0 Å². The van der Waals surface area contributed by atoms with Gasteiger partial charge in [-0.3, -0.25) is 4.90 Å². The van der Waals surface area contributed by atoms with E-state index in [0.717, 1.165) is 36.3 Å². The summed E-state index contributed by atoms with van der Waals surface area (Å²) < 4.78 is 5.24. The number of likely N-dealkylation sites (tertiary alicyclic amines) is 1. The van der Waals surface area contributed by atoms with Crippen molar-refractivity contribution in [2.45, 2.75) is 40.2 Å². The molecule has 2 heterocycles. The molecule has 4 heteroatoms. The molecule has 0 saturated carbocycles. The molecule has 2 aromatic rings. The van der Waals surface area contributed by atoms with Crippen LogP contribution in [0.5, 0.6) is 5.75 Å². The van der Waals surface area contributed by atoms with Crippen molar-refractivity contribution in [3.63, 3.8) is 0 Å². The Morgan fingerprint density at radius 1 is 1.32 bits per heavy atom. The Morgan fingerprint density at radius 2 is 2.09 bits per heavy atom. The van der Waals surface area contributed by atoms with Gasteiger partial charge in [0.1, 0.15) is 11.3 Å². The molecule has 22 heavy (non-hydrogen) atoms. The number of piperidine rings is 1. The first kappa shape index (κ1) is 15.1. The molecule has 1 aromatic carbocycles. The molecule has 118 valence electrons. The zero-order valence-electron chi connectivity index (χ0n) is 13.5. The normalized spacial score (nSPS) is 19.7. The molecule has 1 aliphatic rings. The minimum Gasteiger partial charge on any atom is -0.507 e. The molecule has 1 fully saturated rings. The fourth-order valence-electron chi connectivity index (χ4n) is 3.51. The van der Waals surface area contributed by atoms with Crippen molar-refractivity contribution in [2.75, 3.05) is 13.1 Å². The summed E-state index contributed by atoms with van der Waals surface area (Å²) in [5, 5.41) is 11.4. The van der Waals surface area contributed by atoms with Gasteiger partial charge in [-0.15, -0.1) is 0 Å². The average molecular weight is 301 g/mol. The van der Waals surface area contributed by atoms with Crippen molar-refractivity contribution in [3.05, 3.63) is 39.2 Å². The van der Waals surface area contributed by atoms with Crippen LogP contribution in [0.4, 0.5) is 0 Å². The molecule has 0 bridgehead atoms. The Hall–Kier alpha value is -1.81. The predicted molar refractivity (Wildman–Crippen MR) is 87.3 cm³/mol. The molecule has 4 nitrogen and oxygen atoms in total. The van der Waals surface area contributed by atoms with Crippen LogP contribution in [0.15, 0.2) is 21.3 Å². The van der Waals surface area contributed by atoms with Gasteiger partial charge >= 0.3 is 5.63 Å². The van der Waals surface area contributed by atoms with Gasteiger partial charge in [0.15, 0.2) is 0 Å². The van der Waals surface area contributed by atoms with Crippen molar-refractivity contribution in [3.8, 4) is 5.75 Å². The first-order chi connectivity index (χ1) is 10.5. The van der Waals surface area contributed by atoms with Crippen molar-refractivity contribution in [2.24, 2.45) is 5.92 Å². The Labute approximate surface area is 130 Å². The third-order valence-electron chi connectivity index (χ3n) is 4.65. The van der Waals surface area contributed by atoms with Gasteiger partial charge in [-0.2, -0.15) is 0 Å². The van der Waals surface area contributed by atoms with Gasteiger partial charge in [0.05, 0.1) is 5.39 Å². The highest BCUT2D eigenvalue weighted by Crippen LogP contribution is 2.34. The number of aromatic hydroxyl groups is 1. The molecule has 1 atom stereocenters. The number of hydrogen-bond donors (Lipinski definition) is 1. The second-order valence-electron chi connectivity index (χ2n) is 6.62. The van der Waals surface area contributed by atoms with Gasteiger partial charge in [-0.25, -0.2) is 4.79 Å². The van der Waals surface area contributed by atoms with Gasteiger partial charge in [0, 0.05) is 24.7 Å². The third-order valence-corrected chi connectivity index (χ3v) is 4.65. The molecule has 0 radical (unpaired) electrons. The number of fused-ring (bicyclic) bond motifs is 1. The highest BCUT2D eigenvalue weighted by Gasteiger charge is 2.20. The summed E-state index contributed by atoms with van der Waals surface area (Å²) in [5.74, 6) is 0.964. The van der Waals surface area contributed by atoms with Gasteiger partial charge in [-0.05, 0) is 56.3 Å². The number of benzene rings is 1. The van der Waals surface area contributed by atoms with Crippen molar-refractivity contribution in [1.82, 2.24) is 4.90 Å². The Balaban J connectivity index is 2.04. The largest absolute Gasteiger partial charge is 0.507 e. The molecule has 3 rings (SSSR count). The second kappa shape index (κ2) is 5.76. The molecule has 0 unspecified atom stereocenters. The molecule has 1 N–H and O–H groups in total. The number of rotatable bonds is 2. The lowest BCUT2D eigenvalue weighted by Gasteiger charge is -2.31. The molecule has 1 saturated heterocycles. The summed E-state index contributed by atoms with van der Waals surface area (Å²) in [5.41, 5.74) is 2.77. The molecule has 1 aliphatic heterocycles. The van der Waals surface area contributed by atoms with Gasteiger partial charge < -0.3 is 9.52 Å². The molecule has 1 aromatic heterocycles. The lowest BCUT2D eigenvalue weighted by Crippen LogP contribution is -2.33. The van der Waals surface area contributed by atoms with Crippen LogP contribution in [0.1, 0.15) is 36.5 Å². The van der Waals surface area contributed by atoms with Crippen LogP contribution < -0.4 is 5.63 Å². The fourth-order valence-corrected chi connectivity index (χ4v) is 3.51. The second-order valence-corrected chi connectivity index (χ2v) is 6.62. The molecular formula is C18H23NO3. The van der Waals surface area contributed by atoms with Crippen LogP contribution in [0.2, 0.25) is 0 Å². The SMILES string of the molecule is Cc1cc2oc(=O)cc(C)c2c(O)c1CN1CCC[C@@H](C)C1. The predicted octanol–water partition coefficient (Wildman–Crippen LogP) is 3.35. The zero-order chi connectivity index (χ0) is 15.9. The maximum atomic E-state index is 11.5. The maximum Gasteiger partial charge on any atom is 0.336 e. The minimum absolute atomic E-state index is 0.259. The van der Waals surface area contributed by atoms with Crippen LogP contribution in [0, 0.1) is 19.8 Å². The summed E-state index contributed by atoms with van der Waals surface area (Å²) in [4.78, 5) is 13.9. The van der Waals surface area contributed by atoms with Crippen LogP contribution >= 0.6 is 0 Å². The van der Waals surface area contributed by atoms with Crippen LogP contribution in [0.25, 0.3) is 11.0 Å². The Morgan fingerprint density at radius 3 is 2.82 bits per heavy atom. The fraction of sp³-hybridized carbons (Fsp3) is 0.500. The molecule has 0 aliphatic carbocycles. The lowest BCUT2D eigenvalue weighted by molar-refractivity contribution is 0.175. The smallest absolute Gasteiger partial charge is 0.336 e. The summed E-state index contributed by atoms with van der Waals surface area (Å²) in [6.07, 6.45) is 2.49. The van der Waals surface area contributed by atoms with E-state index < -0.39 is 0 Å². The number of phenols is 1. The maximum absolute atomic E-state index is 11.5. The number of hydrogen-bond acceptors (Lipinski definition) is 4. The van der Waals surface area contributed by atoms with E-state index in [1.807, 2.05) is 19.9 Å². The van der Waals surface area contributed by atoms with E-state index in [1.165, 1.54) is 18.9 Å². The summed E-state index contributed by atoms with van der Waals surface area (Å²) in [6, 6.07) is 3.30. The Kier molecular flexibility index (Phi) is 3.96. The highest BCUT2D eigenvalue weighted by molar-refractivity contribution is 5.88. The van der Waals surface area contributed by atoms with E-state index in [1.54, 1.807) is 0 Å². The molecule has 0 amide bonds. The average Bonchev–Trinajstić information content (AvgIpc) is 2.42. The standard InChI is InChI=1S/C18H23NO3/c1-11-5-4-6-19(9-11)10-14-12(2)7-15-17(18(14)21)13(3)8-16(20)22-15/h7-8,11,21H,4-6,9-10H2,1-3H3/t11-/m1/s1. The third kappa shape index (κ3) is 2.75. The van der Waals surface area contributed by atoms with E-state index in [4.69, 9.17) is 4.42 Å². The van der Waals surface area contributed by atoms with E-state index in [0.29, 0.717) is 16.9 Å². The van der Waals surface area contributed by atoms with Gasteiger partial charge in [0.2, 0.25) is 0 Å². The van der Waals surface area contributed by atoms with Gasteiger partial charge in [-0.1, -0.05) is 6.92 Å². The summed E-state index contributed by atoms with van der Waals surface area (Å²) in [7, 11) is 0. The van der Waals surface area contributed by atoms with Crippen LogP contribution in [0.3, 0.4) is 0 Å². The molecular weight excluding hydrogens is 278 g/mol. The Bertz CT molecular complexity index is 763.